The SMILES string of the molecule is NCc1ccc(-c2cnc3ccc(NCC4CCOC4)nn23)cc1. The van der Waals surface area contributed by atoms with Gasteiger partial charge in [-0.05, 0) is 24.1 Å². The van der Waals surface area contributed by atoms with Gasteiger partial charge in [0.1, 0.15) is 5.82 Å². The highest BCUT2D eigenvalue weighted by Crippen LogP contribution is 2.21. The van der Waals surface area contributed by atoms with E-state index in [0.717, 1.165) is 54.5 Å². The van der Waals surface area contributed by atoms with Crippen molar-refractivity contribution in [2.75, 3.05) is 25.1 Å². The molecule has 1 aliphatic heterocycles. The lowest BCUT2D eigenvalue weighted by Gasteiger charge is -2.10. The first-order valence-electron chi connectivity index (χ1n) is 8.29. The van der Waals surface area contributed by atoms with Gasteiger partial charge in [-0.25, -0.2) is 9.50 Å². The Bertz CT molecular complexity index is 821. The fourth-order valence-electron chi connectivity index (χ4n) is 2.97. The highest BCUT2D eigenvalue weighted by atomic mass is 16.5. The molecule has 1 unspecified atom stereocenters. The summed E-state index contributed by atoms with van der Waals surface area (Å²) in [4.78, 5) is 4.44. The number of nitrogens with zero attached hydrogens (tertiary/aromatic N) is 3. The first-order valence-corrected chi connectivity index (χ1v) is 8.29. The predicted molar refractivity (Wildman–Crippen MR) is 93.7 cm³/mol. The van der Waals surface area contributed by atoms with Crippen LogP contribution in [0.1, 0.15) is 12.0 Å². The normalized spacial score (nSPS) is 17.5. The van der Waals surface area contributed by atoms with Gasteiger partial charge in [-0.15, -0.1) is 5.10 Å². The minimum absolute atomic E-state index is 0.546. The van der Waals surface area contributed by atoms with Gasteiger partial charge >= 0.3 is 0 Å². The second-order valence-corrected chi connectivity index (χ2v) is 6.14. The average molecular weight is 323 g/mol. The zero-order valence-electron chi connectivity index (χ0n) is 13.5. The number of anilines is 1. The molecule has 1 aliphatic rings. The van der Waals surface area contributed by atoms with E-state index in [0.29, 0.717) is 12.5 Å². The largest absolute Gasteiger partial charge is 0.381 e. The van der Waals surface area contributed by atoms with Gasteiger partial charge in [0, 0.05) is 31.2 Å². The van der Waals surface area contributed by atoms with Gasteiger partial charge in [-0.3, -0.25) is 0 Å². The Morgan fingerprint density at radius 2 is 2.08 bits per heavy atom. The minimum atomic E-state index is 0.546. The Kier molecular flexibility index (Phi) is 4.15. The van der Waals surface area contributed by atoms with Crippen molar-refractivity contribution in [1.29, 1.82) is 0 Å². The van der Waals surface area contributed by atoms with Crippen molar-refractivity contribution in [3.8, 4) is 11.3 Å². The number of ether oxygens (including phenoxy) is 1. The molecule has 0 saturated carbocycles. The molecule has 3 N–H and O–H groups in total. The number of aromatic nitrogens is 3. The molecule has 0 amide bonds. The zero-order chi connectivity index (χ0) is 16.4. The van der Waals surface area contributed by atoms with Gasteiger partial charge in [-0.2, -0.15) is 0 Å². The summed E-state index contributed by atoms with van der Waals surface area (Å²) in [5.41, 5.74) is 9.67. The highest BCUT2D eigenvalue weighted by Gasteiger charge is 2.15. The summed E-state index contributed by atoms with van der Waals surface area (Å²) >= 11 is 0. The first kappa shape index (κ1) is 15.1. The topological polar surface area (TPSA) is 77.5 Å². The molecule has 0 radical (unpaired) electrons. The first-order chi connectivity index (χ1) is 11.8. The molecule has 1 atom stereocenters. The Balaban J connectivity index is 1.60. The van der Waals surface area contributed by atoms with Gasteiger partial charge in [0.2, 0.25) is 0 Å². The Hall–Kier alpha value is -2.44. The van der Waals surface area contributed by atoms with E-state index in [4.69, 9.17) is 15.6 Å². The van der Waals surface area contributed by atoms with Crippen molar-refractivity contribution in [3.05, 3.63) is 48.2 Å². The number of nitrogens with two attached hydrogens (primary N) is 1. The van der Waals surface area contributed by atoms with Gasteiger partial charge in [-0.1, -0.05) is 24.3 Å². The highest BCUT2D eigenvalue weighted by molar-refractivity contribution is 5.63. The predicted octanol–water partition coefficient (Wildman–Crippen LogP) is 2.30. The van der Waals surface area contributed by atoms with Crippen LogP contribution >= 0.6 is 0 Å². The summed E-state index contributed by atoms with van der Waals surface area (Å²) in [5.74, 6) is 1.42. The molecule has 4 rings (SSSR count). The van der Waals surface area contributed by atoms with Crippen molar-refractivity contribution in [3.63, 3.8) is 0 Å². The number of hydrogen-bond acceptors (Lipinski definition) is 5. The monoisotopic (exact) mass is 323 g/mol. The third-order valence-electron chi connectivity index (χ3n) is 4.44. The van der Waals surface area contributed by atoms with Crippen LogP contribution in [-0.2, 0) is 11.3 Å². The van der Waals surface area contributed by atoms with E-state index in [-0.39, 0.29) is 0 Å². The molecule has 1 fully saturated rings. The molecule has 0 bridgehead atoms. The van der Waals surface area contributed by atoms with E-state index in [2.05, 4.69) is 22.4 Å². The minimum Gasteiger partial charge on any atom is -0.381 e. The van der Waals surface area contributed by atoms with E-state index < -0.39 is 0 Å². The Morgan fingerprint density at radius 3 is 2.83 bits per heavy atom. The van der Waals surface area contributed by atoms with Crippen LogP contribution in [-0.4, -0.2) is 34.4 Å². The van der Waals surface area contributed by atoms with Crippen LogP contribution in [0.2, 0.25) is 0 Å². The maximum absolute atomic E-state index is 5.67. The molecule has 124 valence electrons. The number of imidazole rings is 1. The van der Waals surface area contributed by atoms with Crippen LogP contribution in [0.25, 0.3) is 16.9 Å². The van der Waals surface area contributed by atoms with Gasteiger partial charge in [0.15, 0.2) is 5.65 Å². The summed E-state index contributed by atoms with van der Waals surface area (Å²) < 4.78 is 7.29. The number of rotatable bonds is 5. The molecule has 6 nitrogen and oxygen atoms in total. The summed E-state index contributed by atoms with van der Waals surface area (Å²) in [6, 6.07) is 12.2. The van der Waals surface area contributed by atoms with Crippen LogP contribution in [0.3, 0.4) is 0 Å². The lowest BCUT2D eigenvalue weighted by atomic mass is 10.1. The van der Waals surface area contributed by atoms with Gasteiger partial charge in [0.05, 0.1) is 18.5 Å². The second kappa shape index (κ2) is 6.59. The van der Waals surface area contributed by atoms with Crippen molar-refractivity contribution in [2.45, 2.75) is 13.0 Å². The van der Waals surface area contributed by atoms with Crippen molar-refractivity contribution >= 4 is 11.5 Å². The number of nitrogens with one attached hydrogen (secondary N) is 1. The lowest BCUT2D eigenvalue weighted by molar-refractivity contribution is 0.187. The zero-order valence-corrected chi connectivity index (χ0v) is 13.5. The summed E-state index contributed by atoms with van der Waals surface area (Å²) in [6.45, 7) is 3.13. The Labute approximate surface area is 140 Å². The number of hydrogen-bond donors (Lipinski definition) is 2. The van der Waals surface area contributed by atoms with Crippen LogP contribution in [0.5, 0.6) is 0 Å². The summed E-state index contributed by atoms with van der Waals surface area (Å²) in [5, 5.41) is 8.10. The molecule has 24 heavy (non-hydrogen) atoms. The standard InChI is InChI=1S/C18H21N5O/c19-9-13-1-3-15(4-2-13)16-11-21-18-6-5-17(22-23(16)18)20-10-14-7-8-24-12-14/h1-6,11,14H,7-10,12,19H2,(H,20,22). The molecule has 0 spiro atoms. The second-order valence-electron chi connectivity index (χ2n) is 6.14. The quantitative estimate of drug-likeness (QED) is 0.753. The maximum Gasteiger partial charge on any atom is 0.154 e. The van der Waals surface area contributed by atoms with Crippen molar-refractivity contribution in [2.24, 2.45) is 11.7 Å². The molecule has 6 heteroatoms. The van der Waals surface area contributed by atoms with E-state index in [1.165, 1.54) is 0 Å². The summed E-state index contributed by atoms with van der Waals surface area (Å²) in [7, 11) is 0. The molecule has 2 aromatic heterocycles. The number of fused-ring (bicyclic) bond motifs is 1. The fraction of sp³-hybridized carbons (Fsp3) is 0.333. The van der Waals surface area contributed by atoms with E-state index in [1.54, 1.807) is 0 Å². The van der Waals surface area contributed by atoms with Crippen LogP contribution < -0.4 is 11.1 Å². The van der Waals surface area contributed by atoms with Gasteiger partial charge in [0.25, 0.3) is 0 Å². The van der Waals surface area contributed by atoms with Crippen LogP contribution in [0, 0.1) is 5.92 Å². The van der Waals surface area contributed by atoms with Crippen molar-refractivity contribution < 1.29 is 4.74 Å². The van der Waals surface area contributed by atoms with E-state index in [9.17, 15) is 0 Å². The van der Waals surface area contributed by atoms with Crippen molar-refractivity contribution in [1.82, 2.24) is 14.6 Å². The molecular formula is C18H21N5O. The smallest absolute Gasteiger partial charge is 0.154 e. The molecule has 3 heterocycles. The molecule has 0 aliphatic carbocycles. The Morgan fingerprint density at radius 1 is 1.21 bits per heavy atom. The molecule has 1 saturated heterocycles. The third kappa shape index (κ3) is 2.98. The summed E-state index contributed by atoms with van der Waals surface area (Å²) in [6.07, 6.45) is 2.97. The number of benzene rings is 1. The molecule has 3 aromatic rings. The third-order valence-corrected chi connectivity index (χ3v) is 4.44. The molecule has 1 aromatic carbocycles. The van der Waals surface area contributed by atoms with Gasteiger partial charge < -0.3 is 15.8 Å². The van der Waals surface area contributed by atoms with E-state index in [1.807, 2.05) is 35.0 Å². The molecular weight excluding hydrogens is 302 g/mol. The van der Waals surface area contributed by atoms with E-state index >= 15 is 0 Å². The van der Waals surface area contributed by atoms with Crippen LogP contribution in [0.4, 0.5) is 5.82 Å². The average Bonchev–Trinajstić information content (AvgIpc) is 3.29. The lowest BCUT2D eigenvalue weighted by Crippen LogP contribution is -2.15. The maximum atomic E-state index is 5.67. The fourth-order valence-corrected chi connectivity index (χ4v) is 2.97. The van der Waals surface area contributed by atoms with Crippen LogP contribution in [0.15, 0.2) is 42.6 Å².